The Balaban J connectivity index is 1.94. The molecule has 1 fully saturated rings. The van der Waals surface area contributed by atoms with Crippen molar-refractivity contribution in [3.05, 3.63) is 30.1 Å². The van der Waals surface area contributed by atoms with E-state index in [4.69, 9.17) is 5.11 Å². The fraction of sp³-hybridized carbons (Fsp3) is 0.571. The summed E-state index contributed by atoms with van der Waals surface area (Å²) in [4.78, 5) is 17.9. The molecule has 2 atom stereocenters. The summed E-state index contributed by atoms with van der Waals surface area (Å²) in [7, 11) is 0. The number of nitrogens with one attached hydrogen (secondary N) is 1. The third kappa shape index (κ3) is 3.44. The second-order valence-corrected chi connectivity index (χ2v) is 4.97. The topological polar surface area (TPSA) is 65.5 Å². The predicted molar refractivity (Wildman–Crippen MR) is 72.6 cm³/mol. The fourth-order valence-electron chi connectivity index (χ4n) is 2.42. The number of aromatic nitrogens is 1. The van der Waals surface area contributed by atoms with Gasteiger partial charge in [-0.2, -0.15) is 0 Å². The number of carbonyl (C=O) groups is 1. The number of aliphatic hydroxyl groups excluding tert-OH is 1. The van der Waals surface area contributed by atoms with E-state index in [1.54, 1.807) is 17.3 Å². The van der Waals surface area contributed by atoms with Gasteiger partial charge in [-0.3, -0.25) is 4.98 Å². The van der Waals surface area contributed by atoms with Crippen LogP contribution < -0.4 is 5.32 Å². The van der Waals surface area contributed by atoms with E-state index >= 15 is 0 Å². The van der Waals surface area contributed by atoms with Gasteiger partial charge in [0, 0.05) is 38.0 Å². The number of rotatable bonds is 4. The monoisotopic (exact) mass is 263 g/mol. The number of likely N-dealkylation sites (tertiary alicyclic amines) is 1. The molecule has 5 nitrogen and oxygen atoms in total. The van der Waals surface area contributed by atoms with Gasteiger partial charge in [-0.25, -0.2) is 4.79 Å². The van der Waals surface area contributed by atoms with Crippen molar-refractivity contribution in [2.24, 2.45) is 5.92 Å². The number of pyridine rings is 1. The van der Waals surface area contributed by atoms with Crippen LogP contribution in [0.2, 0.25) is 0 Å². The van der Waals surface area contributed by atoms with E-state index in [-0.39, 0.29) is 24.6 Å². The lowest BCUT2D eigenvalue weighted by atomic mass is 10.1. The van der Waals surface area contributed by atoms with Crippen molar-refractivity contribution in [2.45, 2.75) is 25.8 Å². The number of carbonyl (C=O) groups excluding carboxylic acids is 1. The molecule has 1 aliphatic heterocycles. The maximum atomic E-state index is 12.2. The van der Waals surface area contributed by atoms with Crippen LogP contribution in [0.25, 0.3) is 0 Å². The van der Waals surface area contributed by atoms with E-state index in [0.29, 0.717) is 6.54 Å². The quantitative estimate of drug-likeness (QED) is 0.866. The van der Waals surface area contributed by atoms with E-state index in [1.807, 2.05) is 19.1 Å². The summed E-state index contributed by atoms with van der Waals surface area (Å²) in [5.74, 6) is 0.228. The van der Waals surface area contributed by atoms with E-state index < -0.39 is 0 Å². The van der Waals surface area contributed by atoms with Crippen molar-refractivity contribution in [2.75, 3.05) is 19.7 Å². The zero-order valence-electron chi connectivity index (χ0n) is 11.2. The maximum Gasteiger partial charge on any atom is 0.317 e. The molecule has 104 valence electrons. The number of hydrogen-bond donors (Lipinski definition) is 2. The summed E-state index contributed by atoms with van der Waals surface area (Å²) in [5.41, 5.74) is 1.07. The van der Waals surface area contributed by atoms with E-state index in [1.165, 1.54) is 0 Å². The molecule has 0 aliphatic carbocycles. The Morgan fingerprint density at radius 3 is 2.89 bits per heavy atom. The van der Waals surface area contributed by atoms with Crippen LogP contribution in [0, 0.1) is 5.92 Å². The Kier molecular flexibility index (Phi) is 4.74. The van der Waals surface area contributed by atoms with Crippen LogP contribution in [0.1, 0.15) is 31.4 Å². The Morgan fingerprint density at radius 1 is 1.58 bits per heavy atom. The van der Waals surface area contributed by atoms with Gasteiger partial charge in [0.1, 0.15) is 0 Å². The van der Waals surface area contributed by atoms with Crippen LogP contribution >= 0.6 is 0 Å². The lowest BCUT2D eigenvalue weighted by Gasteiger charge is -2.22. The molecule has 5 heteroatoms. The highest BCUT2D eigenvalue weighted by molar-refractivity contribution is 5.75. The first-order chi connectivity index (χ1) is 9.24. The molecule has 2 unspecified atom stereocenters. The standard InChI is InChI=1S/C14H21N3O2/c1-2-13(12-3-6-15-7-4-12)16-14(19)17-8-5-11(9-17)10-18/h3-4,6-7,11,13,18H,2,5,8-10H2,1H3,(H,16,19). The van der Waals surface area contributed by atoms with Crippen LogP contribution in [0.15, 0.2) is 24.5 Å². The average Bonchev–Trinajstić information content (AvgIpc) is 2.94. The Morgan fingerprint density at radius 2 is 2.32 bits per heavy atom. The molecule has 19 heavy (non-hydrogen) atoms. The summed E-state index contributed by atoms with van der Waals surface area (Å²) >= 11 is 0. The van der Waals surface area contributed by atoms with E-state index in [2.05, 4.69) is 10.3 Å². The minimum atomic E-state index is -0.0420. The number of amides is 2. The summed E-state index contributed by atoms with van der Waals surface area (Å²) in [6, 6.07) is 3.83. The summed E-state index contributed by atoms with van der Waals surface area (Å²) < 4.78 is 0. The predicted octanol–water partition coefficient (Wildman–Crippen LogP) is 1.56. The smallest absolute Gasteiger partial charge is 0.317 e. The van der Waals surface area contributed by atoms with Gasteiger partial charge < -0.3 is 15.3 Å². The first-order valence-electron chi connectivity index (χ1n) is 6.80. The first kappa shape index (κ1) is 13.8. The Bertz CT molecular complexity index is 410. The van der Waals surface area contributed by atoms with E-state index in [9.17, 15) is 4.79 Å². The Labute approximate surface area is 113 Å². The van der Waals surface area contributed by atoms with Gasteiger partial charge in [-0.15, -0.1) is 0 Å². The third-order valence-corrected chi connectivity index (χ3v) is 3.65. The molecule has 0 bridgehead atoms. The van der Waals surface area contributed by atoms with Gasteiger partial charge in [0.2, 0.25) is 0 Å². The van der Waals surface area contributed by atoms with Gasteiger partial charge >= 0.3 is 6.03 Å². The van der Waals surface area contributed by atoms with Crippen LogP contribution in [0.4, 0.5) is 4.79 Å². The van der Waals surface area contributed by atoms with Crippen molar-refractivity contribution in [1.82, 2.24) is 15.2 Å². The Hall–Kier alpha value is -1.62. The molecule has 1 saturated heterocycles. The van der Waals surface area contributed by atoms with Crippen LogP contribution in [-0.4, -0.2) is 40.7 Å². The van der Waals surface area contributed by atoms with Crippen molar-refractivity contribution >= 4 is 6.03 Å². The van der Waals surface area contributed by atoms with Gasteiger partial charge in [-0.05, 0) is 30.5 Å². The molecule has 0 spiro atoms. The van der Waals surface area contributed by atoms with Gasteiger partial charge in [0.25, 0.3) is 0 Å². The normalized spacial score (nSPS) is 20.3. The number of hydrogen-bond acceptors (Lipinski definition) is 3. The number of nitrogens with zero attached hydrogens (tertiary/aromatic N) is 2. The lowest BCUT2D eigenvalue weighted by Crippen LogP contribution is -2.40. The molecule has 1 aromatic heterocycles. The molecule has 1 aliphatic rings. The van der Waals surface area contributed by atoms with Crippen LogP contribution in [0.3, 0.4) is 0 Å². The van der Waals surface area contributed by atoms with Gasteiger partial charge in [0.15, 0.2) is 0 Å². The maximum absolute atomic E-state index is 12.2. The minimum Gasteiger partial charge on any atom is -0.396 e. The van der Waals surface area contributed by atoms with Crippen molar-refractivity contribution in [1.29, 1.82) is 0 Å². The molecular weight excluding hydrogens is 242 g/mol. The zero-order chi connectivity index (χ0) is 13.7. The van der Waals surface area contributed by atoms with Gasteiger partial charge in [-0.1, -0.05) is 6.92 Å². The second-order valence-electron chi connectivity index (χ2n) is 4.97. The zero-order valence-corrected chi connectivity index (χ0v) is 11.2. The highest BCUT2D eigenvalue weighted by Crippen LogP contribution is 2.19. The summed E-state index contributed by atoms with van der Waals surface area (Å²) in [5, 5.41) is 12.2. The number of aliphatic hydroxyl groups is 1. The SMILES string of the molecule is CCC(NC(=O)N1CCC(CO)C1)c1ccncc1. The largest absolute Gasteiger partial charge is 0.396 e. The first-order valence-corrected chi connectivity index (χ1v) is 6.80. The minimum absolute atomic E-state index is 0.0173. The van der Waals surface area contributed by atoms with Gasteiger partial charge in [0.05, 0.1) is 6.04 Å². The molecule has 2 rings (SSSR count). The highest BCUT2D eigenvalue weighted by Gasteiger charge is 2.26. The molecule has 2 N–H and O–H groups in total. The van der Waals surface area contributed by atoms with Crippen LogP contribution in [-0.2, 0) is 0 Å². The summed E-state index contributed by atoms with van der Waals surface area (Å²) in [6.45, 7) is 3.58. The molecule has 1 aromatic rings. The second kappa shape index (κ2) is 6.52. The fourth-order valence-corrected chi connectivity index (χ4v) is 2.42. The molecule has 2 heterocycles. The van der Waals surface area contributed by atoms with Crippen molar-refractivity contribution in [3.63, 3.8) is 0 Å². The number of urea groups is 1. The van der Waals surface area contributed by atoms with E-state index in [0.717, 1.165) is 24.9 Å². The molecule has 0 saturated carbocycles. The van der Waals surface area contributed by atoms with Crippen molar-refractivity contribution < 1.29 is 9.90 Å². The summed E-state index contributed by atoms with van der Waals surface area (Å²) in [6.07, 6.45) is 5.20. The molecule has 0 radical (unpaired) electrons. The van der Waals surface area contributed by atoms with Crippen molar-refractivity contribution in [3.8, 4) is 0 Å². The molecule has 2 amide bonds. The average molecular weight is 263 g/mol. The third-order valence-electron chi connectivity index (χ3n) is 3.65. The highest BCUT2D eigenvalue weighted by atomic mass is 16.3. The molecule has 0 aromatic carbocycles. The van der Waals surface area contributed by atoms with Crippen LogP contribution in [0.5, 0.6) is 0 Å². The molecular formula is C14H21N3O2. The lowest BCUT2D eigenvalue weighted by molar-refractivity contribution is 0.194.